The van der Waals surface area contributed by atoms with Crippen molar-refractivity contribution in [2.45, 2.75) is 25.4 Å². The number of carbonyl (C=O) groups is 1. The van der Waals surface area contributed by atoms with Crippen LogP contribution in [0, 0.1) is 5.82 Å². The summed E-state index contributed by atoms with van der Waals surface area (Å²) >= 11 is 6.28. The Morgan fingerprint density at radius 1 is 1.41 bits per heavy atom. The molecule has 0 bridgehead atoms. The van der Waals surface area contributed by atoms with Crippen molar-refractivity contribution >= 4 is 17.5 Å². The molecule has 146 valence electrons. The molecular weight excluding hydrogens is 371 g/mol. The van der Waals surface area contributed by atoms with Crippen LogP contribution in [0.1, 0.15) is 40.7 Å². The Labute approximate surface area is 163 Å². The monoisotopic (exact) mass is 394 g/mol. The van der Waals surface area contributed by atoms with E-state index in [0.29, 0.717) is 22.9 Å². The van der Waals surface area contributed by atoms with Crippen LogP contribution in [0.4, 0.5) is 4.39 Å². The molecule has 1 amide bonds. The van der Waals surface area contributed by atoms with E-state index < -0.39 is 0 Å². The van der Waals surface area contributed by atoms with Crippen molar-refractivity contribution in [1.82, 2.24) is 20.3 Å². The zero-order valence-corrected chi connectivity index (χ0v) is 16.3. The fourth-order valence-corrected chi connectivity index (χ4v) is 3.67. The first-order chi connectivity index (χ1) is 13.0. The molecule has 2 aromatic rings. The van der Waals surface area contributed by atoms with Crippen molar-refractivity contribution in [2.75, 3.05) is 33.7 Å². The maximum absolute atomic E-state index is 14.5. The highest BCUT2D eigenvalue weighted by Crippen LogP contribution is 2.32. The van der Waals surface area contributed by atoms with Gasteiger partial charge in [0.1, 0.15) is 5.82 Å². The Morgan fingerprint density at radius 2 is 2.15 bits per heavy atom. The highest BCUT2D eigenvalue weighted by molar-refractivity contribution is 6.31. The van der Waals surface area contributed by atoms with Gasteiger partial charge in [0, 0.05) is 23.2 Å². The Kier molecular flexibility index (Phi) is 6.46. The van der Waals surface area contributed by atoms with E-state index in [0.717, 1.165) is 25.9 Å². The predicted molar refractivity (Wildman–Crippen MR) is 101 cm³/mol. The SMILES string of the molecule is CN(C)Cc1cc(C(=O)NCC(c2c(F)cccc2Cl)N2CCCC2)no1. The Morgan fingerprint density at radius 3 is 2.81 bits per heavy atom. The first-order valence-electron chi connectivity index (χ1n) is 9.02. The summed E-state index contributed by atoms with van der Waals surface area (Å²) in [5, 5.41) is 7.05. The maximum atomic E-state index is 14.5. The highest BCUT2D eigenvalue weighted by atomic mass is 35.5. The van der Waals surface area contributed by atoms with Crippen LogP contribution in [-0.2, 0) is 6.54 Å². The van der Waals surface area contributed by atoms with Gasteiger partial charge in [-0.15, -0.1) is 0 Å². The lowest BCUT2D eigenvalue weighted by molar-refractivity contribution is 0.0928. The summed E-state index contributed by atoms with van der Waals surface area (Å²) in [7, 11) is 3.81. The normalized spacial score (nSPS) is 16.0. The minimum atomic E-state index is -0.358. The minimum absolute atomic E-state index is 0.214. The molecule has 1 saturated heterocycles. The predicted octanol–water partition coefficient (Wildman–Crippen LogP) is 3.10. The molecular formula is C19H24ClFN4O2. The van der Waals surface area contributed by atoms with E-state index in [2.05, 4.69) is 15.4 Å². The molecule has 0 spiro atoms. The summed E-state index contributed by atoms with van der Waals surface area (Å²) in [5.74, 6) is -0.0952. The molecule has 3 rings (SSSR count). The van der Waals surface area contributed by atoms with Crippen LogP contribution in [0.15, 0.2) is 28.8 Å². The molecule has 0 aliphatic carbocycles. The van der Waals surface area contributed by atoms with Crippen LogP contribution < -0.4 is 5.32 Å². The number of amides is 1. The third-order valence-electron chi connectivity index (χ3n) is 4.63. The molecule has 8 heteroatoms. The summed E-state index contributed by atoms with van der Waals surface area (Å²) in [6, 6.07) is 5.96. The molecule has 1 fully saturated rings. The van der Waals surface area contributed by atoms with E-state index in [9.17, 15) is 9.18 Å². The van der Waals surface area contributed by atoms with E-state index in [-0.39, 0.29) is 30.0 Å². The van der Waals surface area contributed by atoms with E-state index in [1.807, 2.05) is 19.0 Å². The number of nitrogens with one attached hydrogen (secondary N) is 1. The van der Waals surface area contributed by atoms with E-state index in [4.69, 9.17) is 16.1 Å². The van der Waals surface area contributed by atoms with Crippen molar-refractivity contribution in [3.05, 3.63) is 52.1 Å². The number of hydrogen-bond donors (Lipinski definition) is 1. The van der Waals surface area contributed by atoms with Crippen LogP contribution in [0.25, 0.3) is 0 Å². The molecule has 6 nitrogen and oxygen atoms in total. The van der Waals surface area contributed by atoms with Crippen LogP contribution in [0.3, 0.4) is 0 Å². The zero-order valence-electron chi connectivity index (χ0n) is 15.5. The quantitative estimate of drug-likeness (QED) is 0.781. The van der Waals surface area contributed by atoms with Gasteiger partial charge < -0.3 is 14.7 Å². The molecule has 1 aromatic heterocycles. The molecule has 1 aliphatic rings. The van der Waals surface area contributed by atoms with Crippen molar-refractivity contribution < 1.29 is 13.7 Å². The average Bonchev–Trinajstić information content (AvgIpc) is 3.28. The highest BCUT2D eigenvalue weighted by Gasteiger charge is 2.28. The second-order valence-electron chi connectivity index (χ2n) is 7.02. The van der Waals surface area contributed by atoms with Gasteiger partial charge in [-0.1, -0.05) is 22.8 Å². The molecule has 0 saturated carbocycles. The van der Waals surface area contributed by atoms with E-state index >= 15 is 0 Å². The number of halogens is 2. The molecule has 2 heterocycles. The van der Waals surface area contributed by atoms with Gasteiger partial charge in [-0.2, -0.15) is 0 Å². The molecule has 0 radical (unpaired) electrons. The van der Waals surface area contributed by atoms with Crippen LogP contribution in [0.2, 0.25) is 5.02 Å². The third-order valence-corrected chi connectivity index (χ3v) is 4.96. The van der Waals surface area contributed by atoms with Crippen LogP contribution >= 0.6 is 11.6 Å². The number of rotatable bonds is 7. The first-order valence-corrected chi connectivity index (χ1v) is 9.40. The lowest BCUT2D eigenvalue weighted by Crippen LogP contribution is -2.37. The maximum Gasteiger partial charge on any atom is 0.273 e. The lowest BCUT2D eigenvalue weighted by Gasteiger charge is -2.29. The number of aromatic nitrogens is 1. The smallest absolute Gasteiger partial charge is 0.273 e. The van der Waals surface area contributed by atoms with Crippen LogP contribution in [-0.4, -0.2) is 54.6 Å². The second-order valence-corrected chi connectivity index (χ2v) is 7.43. The third kappa shape index (κ3) is 4.86. The zero-order chi connectivity index (χ0) is 19.4. The van der Waals surface area contributed by atoms with Gasteiger partial charge in [-0.05, 0) is 52.2 Å². The van der Waals surface area contributed by atoms with E-state index in [1.165, 1.54) is 6.07 Å². The summed E-state index contributed by atoms with van der Waals surface area (Å²) in [6.07, 6.45) is 2.10. The van der Waals surface area contributed by atoms with Gasteiger partial charge in [-0.25, -0.2) is 4.39 Å². The van der Waals surface area contributed by atoms with Gasteiger partial charge in [0.05, 0.1) is 12.6 Å². The second kappa shape index (κ2) is 8.82. The van der Waals surface area contributed by atoms with Gasteiger partial charge in [0.2, 0.25) is 0 Å². The largest absolute Gasteiger partial charge is 0.359 e. The molecule has 1 unspecified atom stereocenters. The lowest BCUT2D eigenvalue weighted by atomic mass is 10.0. The molecule has 1 aromatic carbocycles. The minimum Gasteiger partial charge on any atom is -0.359 e. The Balaban J connectivity index is 1.73. The topological polar surface area (TPSA) is 61.6 Å². The van der Waals surface area contributed by atoms with Gasteiger partial charge in [0.15, 0.2) is 11.5 Å². The molecule has 27 heavy (non-hydrogen) atoms. The molecule has 1 N–H and O–H groups in total. The molecule has 1 aliphatic heterocycles. The van der Waals surface area contributed by atoms with Gasteiger partial charge in [-0.3, -0.25) is 9.69 Å². The van der Waals surface area contributed by atoms with Crippen molar-refractivity contribution in [3.63, 3.8) is 0 Å². The number of likely N-dealkylation sites (tertiary alicyclic amines) is 1. The van der Waals surface area contributed by atoms with Crippen molar-refractivity contribution in [1.29, 1.82) is 0 Å². The summed E-state index contributed by atoms with van der Waals surface area (Å²) < 4.78 is 19.7. The summed E-state index contributed by atoms with van der Waals surface area (Å²) in [6.45, 7) is 2.50. The van der Waals surface area contributed by atoms with Crippen molar-refractivity contribution in [2.24, 2.45) is 0 Å². The Hall–Kier alpha value is -1.96. The molecule has 1 atom stereocenters. The van der Waals surface area contributed by atoms with Gasteiger partial charge >= 0.3 is 0 Å². The standard InChI is InChI=1S/C19H24ClFN4O2/c1-24(2)12-13-10-16(23-27-13)19(26)22-11-17(25-8-3-4-9-25)18-14(20)6-5-7-15(18)21/h5-7,10,17H,3-4,8-9,11-12H2,1-2H3,(H,22,26). The number of carbonyl (C=O) groups excluding carboxylic acids is 1. The number of benzene rings is 1. The average molecular weight is 395 g/mol. The Bertz CT molecular complexity index is 770. The van der Waals surface area contributed by atoms with Gasteiger partial charge in [0.25, 0.3) is 5.91 Å². The van der Waals surface area contributed by atoms with Crippen LogP contribution in [0.5, 0.6) is 0 Å². The number of hydrogen-bond acceptors (Lipinski definition) is 5. The first kappa shape index (κ1) is 19.8. The fourth-order valence-electron chi connectivity index (χ4n) is 3.38. The number of nitrogens with zero attached hydrogens (tertiary/aromatic N) is 3. The summed E-state index contributed by atoms with van der Waals surface area (Å²) in [4.78, 5) is 16.6. The summed E-state index contributed by atoms with van der Waals surface area (Å²) in [5.41, 5.74) is 0.640. The van der Waals surface area contributed by atoms with Crippen molar-refractivity contribution in [3.8, 4) is 0 Å². The fraction of sp³-hybridized carbons (Fsp3) is 0.474. The van der Waals surface area contributed by atoms with E-state index in [1.54, 1.807) is 18.2 Å².